The van der Waals surface area contributed by atoms with Crippen LogP contribution in [0.4, 0.5) is 5.69 Å². The molecule has 0 N–H and O–H groups in total. The SMILES string of the molecule is CCN(CCC#N)c1cnnc2ccccc12. The second-order valence-electron chi connectivity index (χ2n) is 3.73. The molecule has 17 heavy (non-hydrogen) atoms. The number of benzene rings is 1. The molecule has 4 nitrogen and oxygen atoms in total. The Kier molecular flexibility index (Phi) is 3.51. The van der Waals surface area contributed by atoms with Crippen molar-refractivity contribution in [3.63, 3.8) is 0 Å². The molecular formula is C13H14N4. The first-order valence-electron chi connectivity index (χ1n) is 5.69. The van der Waals surface area contributed by atoms with Gasteiger partial charge in [0.1, 0.15) is 0 Å². The zero-order chi connectivity index (χ0) is 12.1. The molecule has 0 unspecified atom stereocenters. The number of hydrogen-bond acceptors (Lipinski definition) is 4. The van der Waals surface area contributed by atoms with Crippen molar-refractivity contribution >= 4 is 16.6 Å². The van der Waals surface area contributed by atoms with Crippen LogP contribution in [0.1, 0.15) is 13.3 Å². The van der Waals surface area contributed by atoms with Gasteiger partial charge in [0.15, 0.2) is 0 Å². The summed E-state index contributed by atoms with van der Waals surface area (Å²) in [6.45, 7) is 3.66. The number of anilines is 1. The van der Waals surface area contributed by atoms with Crippen LogP contribution in [0.3, 0.4) is 0 Å². The Morgan fingerprint density at radius 1 is 1.35 bits per heavy atom. The van der Waals surface area contributed by atoms with Gasteiger partial charge in [0.25, 0.3) is 0 Å². The van der Waals surface area contributed by atoms with E-state index in [0.717, 1.165) is 29.7 Å². The van der Waals surface area contributed by atoms with E-state index in [-0.39, 0.29) is 0 Å². The summed E-state index contributed by atoms with van der Waals surface area (Å²) in [6, 6.07) is 10.1. The van der Waals surface area contributed by atoms with Crippen molar-refractivity contribution in [3.05, 3.63) is 30.5 Å². The van der Waals surface area contributed by atoms with Crippen LogP contribution in [0, 0.1) is 11.3 Å². The zero-order valence-electron chi connectivity index (χ0n) is 9.80. The molecular weight excluding hydrogens is 212 g/mol. The lowest BCUT2D eigenvalue weighted by Crippen LogP contribution is -2.24. The van der Waals surface area contributed by atoms with E-state index in [1.165, 1.54) is 0 Å². The lowest BCUT2D eigenvalue weighted by Gasteiger charge is -2.22. The van der Waals surface area contributed by atoms with Gasteiger partial charge in [-0.1, -0.05) is 18.2 Å². The molecule has 0 bridgehead atoms. The molecule has 4 heteroatoms. The van der Waals surface area contributed by atoms with Crippen LogP contribution < -0.4 is 4.90 Å². The Labute approximate surface area is 100 Å². The van der Waals surface area contributed by atoms with E-state index < -0.39 is 0 Å². The fourth-order valence-corrected chi connectivity index (χ4v) is 1.88. The van der Waals surface area contributed by atoms with Gasteiger partial charge in [-0.2, -0.15) is 15.5 Å². The van der Waals surface area contributed by atoms with Gasteiger partial charge in [0, 0.05) is 18.5 Å². The van der Waals surface area contributed by atoms with Crippen LogP contribution in [0.25, 0.3) is 10.9 Å². The van der Waals surface area contributed by atoms with Gasteiger partial charge in [0.05, 0.1) is 29.9 Å². The van der Waals surface area contributed by atoms with E-state index in [0.29, 0.717) is 6.42 Å². The fraction of sp³-hybridized carbons (Fsp3) is 0.308. The average molecular weight is 226 g/mol. The Bertz CT molecular complexity index is 539. The second kappa shape index (κ2) is 5.26. The molecule has 0 aliphatic rings. The third kappa shape index (κ3) is 2.34. The Morgan fingerprint density at radius 3 is 2.94 bits per heavy atom. The quantitative estimate of drug-likeness (QED) is 0.803. The lowest BCUT2D eigenvalue weighted by molar-refractivity contribution is 0.825. The first-order chi connectivity index (χ1) is 8.36. The number of nitriles is 1. The van der Waals surface area contributed by atoms with Gasteiger partial charge in [0.2, 0.25) is 0 Å². The molecule has 1 aromatic carbocycles. The summed E-state index contributed by atoms with van der Waals surface area (Å²) in [5, 5.41) is 17.9. The summed E-state index contributed by atoms with van der Waals surface area (Å²) in [6.07, 6.45) is 2.29. The third-order valence-corrected chi connectivity index (χ3v) is 2.74. The molecule has 2 rings (SSSR count). The van der Waals surface area contributed by atoms with Gasteiger partial charge < -0.3 is 4.90 Å². The maximum atomic E-state index is 8.67. The van der Waals surface area contributed by atoms with E-state index in [1.54, 1.807) is 6.20 Å². The monoisotopic (exact) mass is 226 g/mol. The minimum Gasteiger partial charge on any atom is -0.369 e. The van der Waals surface area contributed by atoms with Crippen molar-refractivity contribution < 1.29 is 0 Å². The predicted molar refractivity (Wildman–Crippen MR) is 67.7 cm³/mol. The van der Waals surface area contributed by atoms with Crippen molar-refractivity contribution in [3.8, 4) is 6.07 Å². The van der Waals surface area contributed by atoms with Gasteiger partial charge >= 0.3 is 0 Å². The van der Waals surface area contributed by atoms with Crippen LogP contribution in [0.15, 0.2) is 30.5 Å². The van der Waals surface area contributed by atoms with Crippen LogP contribution in [-0.4, -0.2) is 23.3 Å². The van der Waals surface area contributed by atoms with Crippen molar-refractivity contribution in [2.75, 3.05) is 18.0 Å². The first kappa shape index (κ1) is 11.3. The molecule has 0 saturated heterocycles. The van der Waals surface area contributed by atoms with Gasteiger partial charge in [-0.05, 0) is 13.0 Å². The maximum absolute atomic E-state index is 8.67. The van der Waals surface area contributed by atoms with Gasteiger partial charge in [-0.3, -0.25) is 0 Å². The number of hydrogen-bond donors (Lipinski definition) is 0. The van der Waals surface area contributed by atoms with Crippen LogP contribution in [0.5, 0.6) is 0 Å². The highest BCUT2D eigenvalue weighted by Crippen LogP contribution is 2.23. The molecule has 0 aliphatic heterocycles. The second-order valence-corrected chi connectivity index (χ2v) is 3.73. The molecule has 0 spiro atoms. The Balaban J connectivity index is 2.43. The van der Waals surface area contributed by atoms with E-state index >= 15 is 0 Å². The Morgan fingerprint density at radius 2 is 2.18 bits per heavy atom. The fourth-order valence-electron chi connectivity index (χ4n) is 1.88. The summed E-state index contributed by atoms with van der Waals surface area (Å²) in [4.78, 5) is 2.15. The molecule has 1 aromatic heterocycles. The maximum Gasteiger partial charge on any atom is 0.0950 e. The lowest BCUT2D eigenvalue weighted by atomic mass is 10.2. The van der Waals surface area contributed by atoms with Gasteiger partial charge in [-0.25, -0.2) is 0 Å². The third-order valence-electron chi connectivity index (χ3n) is 2.74. The highest BCUT2D eigenvalue weighted by Gasteiger charge is 2.08. The Hall–Kier alpha value is -2.15. The molecule has 0 atom stereocenters. The van der Waals surface area contributed by atoms with E-state index in [9.17, 15) is 0 Å². The average Bonchev–Trinajstić information content (AvgIpc) is 2.40. The summed E-state index contributed by atoms with van der Waals surface area (Å²) in [7, 11) is 0. The van der Waals surface area contributed by atoms with Crippen molar-refractivity contribution in [2.24, 2.45) is 0 Å². The minimum atomic E-state index is 0.518. The number of aromatic nitrogens is 2. The molecule has 1 heterocycles. The number of rotatable bonds is 4. The molecule has 2 aromatic rings. The smallest absolute Gasteiger partial charge is 0.0950 e. The normalized spacial score (nSPS) is 10.1. The molecule has 0 amide bonds. The zero-order valence-corrected chi connectivity index (χ0v) is 9.80. The van der Waals surface area contributed by atoms with Crippen LogP contribution in [0.2, 0.25) is 0 Å². The molecule has 0 fully saturated rings. The highest BCUT2D eigenvalue weighted by atomic mass is 15.2. The number of fused-ring (bicyclic) bond motifs is 1. The number of nitrogens with zero attached hydrogens (tertiary/aromatic N) is 4. The topological polar surface area (TPSA) is 52.8 Å². The molecule has 0 radical (unpaired) electrons. The van der Waals surface area contributed by atoms with Crippen molar-refractivity contribution in [2.45, 2.75) is 13.3 Å². The first-order valence-corrected chi connectivity index (χ1v) is 5.69. The molecule has 86 valence electrons. The van der Waals surface area contributed by atoms with Crippen molar-refractivity contribution in [1.82, 2.24) is 10.2 Å². The summed E-state index contributed by atoms with van der Waals surface area (Å²) < 4.78 is 0. The van der Waals surface area contributed by atoms with Gasteiger partial charge in [-0.15, -0.1) is 0 Å². The van der Waals surface area contributed by atoms with E-state index in [4.69, 9.17) is 5.26 Å². The summed E-state index contributed by atoms with van der Waals surface area (Å²) in [5.74, 6) is 0. The predicted octanol–water partition coefficient (Wildman–Crippen LogP) is 2.37. The van der Waals surface area contributed by atoms with Crippen LogP contribution in [-0.2, 0) is 0 Å². The summed E-state index contributed by atoms with van der Waals surface area (Å²) in [5.41, 5.74) is 1.94. The standard InChI is InChI=1S/C13H14N4/c1-2-17(9-5-8-14)13-10-15-16-12-7-4-3-6-11(12)13/h3-4,6-7,10H,2,5,9H2,1H3. The molecule has 0 aliphatic carbocycles. The summed E-state index contributed by atoms with van der Waals surface area (Å²) >= 11 is 0. The largest absolute Gasteiger partial charge is 0.369 e. The van der Waals surface area contributed by atoms with Crippen molar-refractivity contribution in [1.29, 1.82) is 5.26 Å². The van der Waals surface area contributed by atoms with E-state index in [2.05, 4.69) is 28.1 Å². The highest BCUT2D eigenvalue weighted by molar-refractivity contribution is 5.90. The van der Waals surface area contributed by atoms with Crippen LogP contribution >= 0.6 is 0 Å². The van der Waals surface area contributed by atoms with E-state index in [1.807, 2.05) is 24.3 Å². The molecule has 0 saturated carbocycles. The minimum absolute atomic E-state index is 0.518.